The van der Waals surface area contributed by atoms with Crippen LogP contribution in [0.5, 0.6) is 5.75 Å². The van der Waals surface area contributed by atoms with E-state index in [1.54, 1.807) is 35.1 Å². The molecule has 0 bridgehead atoms. The van der Waals surface area contributed by atoms with Gasteiger partial charge in [0.2, 0.25) is 0 Å². The Labute approximate surface area is 209 Å². The van der Waals surface area contributed by atoms with Crippen molar-refractivity contribution in [3.8, 4) is 17.1 Å². The van der Waals surface area contributed by atoms with Gasteiger partial charge < -0.3 is 15.2 Å². The Morgan fingerprint density at radius 3 is 2.61 bits per heavy atom. The molecule has 1 saturated carbocycles. The normalized spacial score (nSPS) is 14.5. The second-order valence-corrected chi connectivity index (χ2v) is 9.13. The third kappa shape index (κ3) is 5.35. The van der Waals surface area contributed by atoms with Crippen molar-refractivity contribution in [3.63, 3.8) is 0 Å². The predicted molar refractivity (Wildman–Crippen MR) is 136 cm³/mol. The second kappa shape index (κ2) is 10.2. The van der Waals surface area contributed by atoms with E-state index in [1.165, 1.54) is 12.8 Å². The molecular weight excluding hydrogens is 456 g/mol. The maximum absolute atomic E-state index is 11.1. The number of aromatic carboxylic acids is 1. The Balaban J connectivity index is 1.33. The zero-order chi connectivity index (χ0) is 25.1. The fourth-order valence-corrected chi connectivity index (χ4v) is 4.39. The number of aromatic nitrogens is 5. The molecule has 1 aromatic carbocycles. The van der Waals surface area contributed by atoms with Crippen LogP contribution in [0.3, 0.4) is 0 Å². The molecule has 5 rings (SSSR count). The topological polar surface area (TPSA) is 115 Å². The molecule has 1 aliphatic rings. The molecule has 0 amide bonds. The molecule has 0 radical (unpaired) electrons. The molecule has 2 N–H and O–H groups in total. The van der Waals surface area contributed by atoms with Crippen molar-refractivity contribution in [2.75, 3.05) is 5.32 Å². The monoisotopic (exact) mass is 484 g/mol. The number of hydrogen-bond acceptors (Lipinski definition) is 7. The summed E-state index contributed by atoms with van der Waals surface area (Å²) in [5.41, 5.74) is 3.53. The SMILES string of the molecule is Cc1cc(Nc2cc(OC3CCCC3)ccn2)nc(-c2cn(C(C)c3ccc(C(=O)O)cc3)nn2)c1. The number of benzene rings is 1. The van der Waals surface area contributed by atoms with Gasteiger partial charge in [0.1, 0.15) is 23.1 Å². The summed E-state index contributed by atoms with van der Waals surface area (Å²) < 4.78 is 7.84. The number of aryl methyl sites for hydroxylation is 1. The number of carboxylic acid groups (broad SMARTS) is 1. The summed E-state index contributed by atoms with van der Waals surface area (Å²) in [6.45, 7) is 3.98. The van der Waals surface area contributed by atoms with E-state index in [1.807, 2.05) is 44.3 Å². The average Bonchev–Trinajstić information content (AvgIpc) is 3.56. The minimum atomic E-state index is -0.949. The van der Waals surface area contributed by atoms with Crippen molar-refractivity contribution < 1.29 is 14.6 Å². The number of rotatable bonds is 8. The van der Waals surface area contributed by atoms with E-state index >= 15 is 0 Å². The molecule has 36 heavy (non-hydrogen) atoms. The largest absolute Gasteiger partial charge is 0.490 e. The first-order valence-corrected chi connectivity index (χ1v) is 12.1. The van der Waals surface area contributed by atoms with Crippen LogP contribution in [0.15, 0.2) is 60.9 Å². The number of ether oxygens (including phenoxy) is 1. The van der Waals surface area contributed by atoms with Gasteiger partial charge in [-0.15, -0.1) is 5.10 Å². The van der Waals surface area contributed by atoms with E-state index in [2.05, 4.69) is 20.6 Å². The summed E-state index contributed by atoms with van der Waals surface area (Å²) in [6, 6.07) is 14.3. The van der Waals surface area contributed by atoms with Gasteiger partial charge in [-0.1, -0.05) is 17.3 Å². The number of nitrogens with zero attached hydrogens (tertiary/aromatic N) is 5. The lowest BCUT2D eigenvalue weighted by atomic mass is 10.1. The summed E-state index contributed by atoms with van der Waals surface area (Å²) in [7, 11) is 0. The van der Waals surface area contributed by atoms with Crippen molar-refractivity contribution >= 4 is 17.6 Å². The smallest absolute Gasteiger partial charge is 0.335 e. The van der Waals surface area contributed by atoms with Crippen LogP contribution in [0, 0.1) is 6.92 Å². The molecule has 184 valence electrons. The maximum Gasteiger partial charge on any atom is 0.335 e. The first-order chi connectivity index (χ1) is 17.4. The van der Waals surface area contributed by atoms with Crippen LogP contribution >= 0.6 is 0 Å². The third-order valence-electron chi connectivity index (χ3n) is 6.37. The number of hydrogen-bond donors (Lipinski definition) is 2. The first-order valence-electron chi connectivity index (χ1n) is 12.1. The Morgan fingerprint density at radius 2 is 1.86 bits per heavy atom. The second-order valence-electron chi connectivity index (χ2n) is 9.13. The lowest BCUT2D eigenvalue weighted by Crippen LogP contribution is -2.11. The summed E-state index contributed by atoms with van der Waals surface area (Å²) in [6.07, 6.45) is 8.49. The van der Waals surface area contributed by atoms with Gasteiger partial charge in [-0.25, -0.2) is 19.4 Å². The quantitative estimate of drug-likeness (QED) is 0.341. The van der Waals surface area contributed by atoms with Crippen molar-refractivity contribution in [2.24, 2.45) is 0 Å². The fourth-order valence-electron chi connectivity index (χ4n) is 4.39. The van der Waals surface area contributed by atoms with Gasteiger partial charge in [-0.3, -0.25) is 0 Å². The van der Waals surface area contributed by atoms with Crippen molar-refractivity contribution in [2.45, 2.75) is 51.7 Å². The van der Waals surface area contributed by atoms with Crippen LogP contribution in [0.1, 0.15) is 60.1 Å². The molecule has 1 aliphatic carbocycles. The van der Waals surface area contributed by atoms with Crippen LogP contribution in [0.4, 0.5) is 11.6 Å². The first kappa shape index (κ1) is 23.5. The van der Waals surface area contributed by atoms with Gasteiger partial charge in [-0.05, 0) is 81.0 Å². The zero-order valence-corrected chi connectivity index (χ0v) is 20.3. The third-order valence-corrected chi connectivity index (χ3v) is 6.37. The predicted octanol–water partition coefficient (Wildman–Crippen LogP) is 5.42. The minimum Gasteiger partial charge on any atom is -0.490 e. The molecule has 9 heteroatoms. The molecule has 0 aliphatic heterocycles. The van der Waals surface area contributed by atoms with E-state index in [9.17, 15) is 4.79 Å². The highest BCUT2D eigenvalue weighted by atomic mass is 16.5. The van der Waals surface area contributed by atoms with Gasteiger partial charge in [-0.2, -0.15) is 0 Å². The number of carboxylic acids is 1. The van der Waals surface area contributed by atoms with E-state index in [-0.39, 0.29) is 17.7 Å². The number of pyridine rings is 2. The molecule has 1 atom stereocenters. The Kier molecular flexibility index (Phi) is 6.62. The molecule has 0 saturated heterocycles. The Hall–Kier alpha value is -4.27. The summed E-state index contributed by atoms with van der Waals surface area (Å²) in [5, 5.41) is 21.0. The molecule has 0 spiro atoms. The molecule has 9 nitrogen and oxygen atoms in total. The van der Waals surface area contributed by atoms with E-state index < -0.39 is 5.97 Å². The fraction of sp³-hybridized carbons (Fsp3) is 0.296. The number of anilines is 2. The average molecular weight is 485 g/mol. The van der Waals surface area contributed by atoms with Gasteiger partial charge >= 0.3 is 5.97 Å². The maximum atomic E-state index is 11.1. The highest BCUT2D eigenvalue weighted by Crippen LogP contribution is 2.27. The highest BCUT2D eigenvalue weighted by molar-refractivity contribution is 5.87. The molecule has 1 unspecified atom stereocenters. The van der Waals surface area contributed by atoms with Crippen molar-refractivity contribution in [3.05, 3.63) is 77.6 Å². The lowest BCUT2D eigenvalue weighted by Gasteiger charge is -2.14. The van der Waals surface area contributed by atoms with Gasteiger partial charge in [0.25, 0.3) is 0 Å². The Morgan fingerprint density at radius 1 is 1.08 bits per heavy atom. The standard InChI is InChI=1S/C27H28N6O3/c1-17-13-23(24-16-33(32-31-24)18(2)19-7-9-20(10-8-19)27(34)35)29-26(14-17)30-25-15-22(11-12-28-25)36-21-5-3-4-6-21/h7-16,18,21H,3-6H2,1-2H3,(H,34,35)(H,28,29,30). The van der Waals surface area contributed by atoms with E-state index in [0.29, 0.717) is 23.0 Å². The molecule has 1 fully saturated rings. The summed E-state index contributed by atoms with van der Waals surface area (Å²) in [4.78, 5) is 20.3. The molecule has 3 aromatic heterocycles. The lowest BCUT2D eigenvalue weighted by molar-refractivity contribution is 0.0697. The van der Waals surface area contributed by atoms with Crippen LogP contribution in [-0.2, 0) is 0 Å². The number of carbonyl (C=O) groups is 1. The van der Waals surface area contributed by atoms with Crippen LogP contribution in [0.2, 0.25) is 0 Å². The Bertz CT molecular complexity index is 1360. The van der Waals surface area contributed by atoms with Crippen LogP contribution < -0.4 is 10.1 Å². The summed E-state index contributed by atoms with van der Waals surface area (Å²) >= 11 is 0. The van der Waals surface area contributed by atoms with Gasteiger partial charge in [0, 0.05) is 12.3 Å². The zero-order valence-electron chi connectivity index (χ0n) is 20.3. The highest BCUT2D eigenvalue weighted by Gasteiger charge is 2.17. The van der Waals surface area contributed by atoms with Crippen molar-refractivity contribution in [1.82, 2.24) is 25.0 Å². The number of nitrogens with one attached hydrogen (secondary N) is 1. The minimum absolute atomic E-state index is 0.122. The van der Waals surface area contributed by atoms with Gasteiger partial charge in [0.15, 0.2) is 0 Å². The molecule has 3 heterocycles. The van der Waals surface area contributed by atoms with E-state index in [0.717, 1.165) is 29.7 Å². The van der Waals surface area contributed by atoms with Crippen LogP contribution in [-0.4, -0.2) is 42.1 Å². The van der Waals surface area contributed by atoms with Crippen LogP contribution in [0.25, 0.3) is 11.4 Å². The molecular formula is C27H28N6O3. The van der Waals surface area contributed by atoms with Gasteiger partial charge in [0.05, 0.1) is 29.6 Å². The summed E-state index contributed by atoms with van der Waals surface area (Å²) in [5.74, 6) is 1.18. The van der Waals surface area contributed by atoms with E-state index in [4.69, 9.17) is 14.8 Å². The van der Waals surface area contributed by atoms with Crippen molar-refractivity contribution in [1.29, 1.82) is 0 Å². The molecule has 4 aromatic rings.